The van der Waals surface area contributed by atoms with Crippen molar-refractivity contribution in [2.24, 2.45) is 0 Å². The van der Waals surface area contributed by atoms with Crippen molar-refractivity contribution in [1.82, 2.24) is 4.98 Å². The molecule has 0 saturated heterocycles. The molecule has 0 aliphatic carbocycles. The van der Waals surface area contributed by atoms with Crippen molar-refractivity contribution in [2.45, 2.75) is 0 Å². The lowest BCUT2D eigenvalue weighted by molar-refractivity contribution is -0.118. The summed E-state index contributed by atoms with van der Waals surface area (Å²) in [6.45, 7) is -0.0812. The standard InChI is InChI=1S/C19H15Cl2N3O2/c20-15-7-4-8-16(19(15)21)24-17-10-9-13(11-22-17)23-18(25)12-26-14-5-2-1-3-6-14/h1-11H,12H2,(H,22,24)(H,23,25). The number of benzene rings is 2. The molecular formula is C19H15Cl2N3O2. The van der Waals surface area contributed by atoms with E-state index in [-0.39, 0.29) is 12.5 Å². The maximum absolute atomic E-state index is 11.9. The molecule has 0 bridgehead atoms. The van der Waals surface area contributed by atoms with Crippen LogP contribution in [-0.2, 0) is 4.79 Å². The minimum atomic E-state index is -0.269. The summed E-state index contributed by atoms with van der Waals surface area (Å²) >= 11 is 12.1. The lowest BCUT2D eigenvalue weighted by Gasteiger charge is -2.10. The van der Waals surface area contributed by atoms with Crippen LogP contribution >= 0.6 is 23.2 Å². The van der Waals surface area contributed by atoms with E-state index in [4.69, 9.17) is 27.9 Å². The van der Waals surface area contributed by atoms with Crippen LogP contribution in [0.4, 0.5) is 17.2 Å². The molecule has 0 saturated carbocycles. The molecule has 5 nitrogen and oxygen atoms in total. The molecule has 0 atom stereocenters. The number of carbonyl (C=O) groups excluding carboxylic acids is 1. The summed E-state index contributed by atoms with van der Waals surface area (Å²) in [7, 11) is 0. The topological polar surface area (TPSA) is 63.2 Å². The molecular weight excluding hydrogens is 373 g/mol. The first kappa shape index (κ1) is 18.0. The zero-order chi connectivity index (χ0) is 18.4. The van der Waals surface area contributed by atoms with Crippen LogP contribution in [0.3, 0.4) is 0 Å². The van der Waals surface area contributed by atoms with E-state index in [0.717, 1.165) is 0 Å². The number of anilines is 3. The van der Waals surface area contributed by atoms with Crippen LogP contribution < -0.4 is 15.4 Å². The Bertz CT molecular complexity index is 887. The smallest absolute Gasteiger partial charge is 0.262 e. The second-order valence-corrected chi connectivity index (χ2v) is 6.09. The second kappa shape index (κ2) is 8.56. The molecule has 0 aliphatic heterocycles. The van der Waals surface area contributed by atoms with Crippen molar-refractivity contribution >= 4 is 46.3 Å². The Morgan fingerprint density at radius 2 is 1.81 bits per heavy atom. The summed E-state index contributed by atoms with van der Waals surface area (Å²) in [6, 6.07) is 17.9. The van der Waals surface area contributed by atoms with Gasteiger partial charge in [0, 0.05) is 0 Å². The number of para-hydroxylation sites is 1. The number of ether oxygens (including phenoxy) is 1. The first-order chi connectivity index (χ1) is 12.6. The van der Waals surface area contributed by atoms with E-state index in [1.807, 2.05) is 18.2 Å². The fraction of sp³-hybridized carbons (Fsp3) is 0.0526. The highest BCUT2D eigenvalue weighted by atomic mass is 35.5. The van der Waals surface area contributed by atoms with Crippen molar-refractivity contribution in [1.29, 1.82) is 0 Å². The third kappa shape index (κ3) is 4.88. The molecule has 3 rings (SSSR count). The zero-order valence-corrected chi connectivity index (χ0v) is 15.1. The quantitative estimate of drug-likeness (QED) is 0.613. The van der Waals surface area contributed by atoms with E-state index in [0.29, 0.717) is 33.0 Å². The van der Waals surface area contributed by atoms with Crippen LogP contribution in [0.5, 0.6) is 5.75 Å². The van der Waals surface area contributed by atoms with Gasteiger partial charge in [0.05, 0.1) is 27.6 Å². The van der Waals surface area contributed by atoms with E-state index in [9.17, 15) is 4.79 Å². The lowest BCUT2D eigenvalue weighted by Crippen LogP contribution is -2.20. The minimum absolute atomic E-state index is 0.0812. The Hall–Kier alpha value is -2.76. The van der Waals surface area contributed by atoms with Crippen LogP contribution in [0, 0.1) is 0 Å². The van der Waals surface area contributed by atoms with Crippen LogP contribution in [0.1, 0.15) is 0 Å². The Balaban J connectivity index is 1.55. The molecule has 0 spiro atoms. The number of hydrogen-bond donors (Lipinski definition) is 2. The van der Waals surface area contributed by atoms with E-state index in [1.54, 1.807) is 48.7 Å². The highest BCUT2D eigenvalue weighted by Gasteiger charge is 2.07. The van der Waals surface area contributed by atoms with Gasteiger partial charge < -0.3 is 15.4 Å². The number of hydrogen-bond acceptors (Lipinski definition) is 4. The second-order valence-electron chi connectivity index (χ2n) is 5.31. The van der Waals surface area contributed by atoms with Crippen LogP contribution in [0.25, 0.3) is 0 Å². The normalized spacial score (nSPS) is 10.2. The van der Waals surface area contributed by atoms with Gasteiger partial charge in [-0.3, -0.25) is 4.79 Å². The largest absolute Gasteiger partial charge is 0.484 e. The van der Waals surface area contributed by atoms with Gasteiger partial charge in [0.1, 0.15) is 11.6 Å². The molecule has 26 heavy (non-hydrogen) atoms. The number of nitrogens with zero attached hydrogens (tertiary/aromatic N) is 1. The van der Waals surface area contributed by atoms with E-state index in [2.05, 4.69) is 15.6 Å². The van der Waals surface area contributed by atoms with Gasteiger partial charge in [0.2, 0.25) is 0 Å². The van der Waals surface area contributed by atoms with Gasteiger partial charge in [-0.2, -0.15) is 0 Å². The van der Waals surface area contributed by atoms with E-state index in [1.165, 1.54) is 0 Å². The predicted molar refractivity (Wildman–Crippen MR) is 105 cm³/mol. The van der Waals surface area contributed by atoms with Gasteiger partial charge >= 0.3 is 0 Å². The van der Waals surface area contributed by atoms with Crippen LogP contribution in [0.15, 0.2) is 66.9 Å². The summed E-state index contributed by atoms with van der Waals surface area (Å²) < 4.78 is 5.40. The highest BCUT2D eigenvalue weighted by molar-refractivity contribution is 6.43. The molecule has 0 fully saturated rings. The van der Waals surface area contributed by atoms with Gasteiger partial charge in [-0.25, -0.2) is 4.98 Å². The van der Waals surface area contributed by atoms with E-state index < -0.39 is 0 Å². The number of amides is 1. The number of halogens is 2. The molecule has 2 N–H and O–H groups in total. The molecule has 0 radical (unpaired) electrons. The predicted octanol–water partition coefficient (Wildman–Crippen LogP) is 5.15. The van der Waals surface area contributed by atoms with E-state index >= 15 is 0 Å². The van der Waals surface area contributed by atoms with Crippen molar-refractivity contribution < 1.29 is 9.53 Å². The van der Waals surface area contributed by atoms with Gasteiger partial charge in [-0.05, 0) is 36.4 Å². The van der Waals surface area contributed by atoms with Gasteiger partial charge in [-0.1, -0.05) is 47.5 Å². The van der Waals surface area contributed by atoms with Gasteiger partial charge in [-0.15, -0.1) is 0 Å². The number of aromatic nitrogens is 1. The third-order valence-corrected chi connectivity index (χ3v) is 4.19. The molecule has 1 aromatic heterocycles. The van der Waals surface area contributed by atoms with Crippen LogP contribution in [0.2, 0.25) is 10.0 Å². The lowest BCUT2D eigenvalue weighted by atomic mass is 10.3. The minimum Gasteiger partial charge on any atom is -0.484 e. The zero-order valence-electron chi connectivity index (χ0n) is 13.6. The Morgan fingerprint density at radius 3 is 2.54 bits per heavy atom. The number of nitrogens with one attached hydrogen (secondary N) is 2. The fourth-order valence-corrected chi connectivity index (χ4v) is 2.49. The summed E-state index contributed by atoms with van der Waals surface area (Å²) in [6.07, 6.45) is 1.54. The van der Waals surface area contributed by atoms with Gasteiger partial charge in [0.15, 0.2) is 6.61 Å². The average molecular weight is 388 g/mol. The Morgan fingerprint density at radius 1 is 1.00 bits per heavy atom. The maximum atomic E-state index is 11.9. The third-order valence-electron chi connectivity index (χ3n) is 3.37. The van der Waals surface area contributed by atoms with Crippen molar-refractivity contribution in [3.8, 4) is 5.75 Å². The molecule has 1 heterocycles. The average Bonchev–Trinajstić information content (AvgIpc) is 2.66. The molecule has 0 aliphatic rings. The Labute approximate surface area is 160 Å². The maximum Gasteiger partial charge on any atom is 0.262 e. The first-order valence-electron chi connectivity index (χ1n) is 7.76. The van der Waals surface area contributed by atoms with Crippen molar-refractivity contribution in [3.05, 3.63) is 76.9 Å². The van der Waals surface area contributed by atoms with Gasteiger partial charge in [0.25, 0.3) is 5.91 Å². The molecule has 3 aromatic rings. The summed E-state index contributed by atoms with van der Waals surface area (Å²) in [5.74, 6) is 0.945. The van der Waals surface area contributed by atoms with Crippen molar-refractivity contribution in [3.63, 3.8) is 0 Å². The van der Waals surface area contributed by atoms with Crippen LogP contribution in [-0.4, -0.2) is 17.5 Å². The molecule has 1 amide bonds. The first-order valence-corrected chi connectivity index (χ1v) is 8.52. The summed E-state index contributed by atoms with van der Waals surface area (Å²) in [4.78, 5) is 16.2. The number of pyridine rings is 1. The Kier molecular flexibility index (Phi) is 5.94. The molecule has 132 valence electrons. The number of carbonyl (C=O) groups is 1. The molecule has 7 heteroatoms. The molecule has 2 aromatic carbocycles. The summed E-state index contributed by atoms with van der Waals surface area (Å²) in [5.41, 5.74) is 1.22. The monoisotopic (exact) mass is 387 g/mol. The number of rotatable bonds is 6. The fourth-order valence-electron chi connectivity index (χ4n) is 2.14. The summed E-state index contributed by atoms with van der Waals surface area (Å²) in [5, 5.41) is 6.68. The molecule has 0 unspecified atom stereocenters. The van der Waals surface area contributed by atoms with Crippen molar-refractivity contribution in [2.75, 3.05) is 17.2 Å². The SMILES string of the molecule is O=C(COc1ccccc1)Nc1ccc(Nc2cccc(Cl)c2Cl)nc1. The highest BCUT2D eigenvalue weighted by Crippen LogP contribution is 2.31.